The third kappa shape index (κ3) is 3.60. The van der Waals surface area contributed by atoms with Gasteiger partial charge in [0.1, 0.15) is 0 Å². The van der Waals surface area contributed by atoms with Crippen LogP contribution in [0.15, 0.2) is 40.4 Å². The van der Waals surface area contributed by atoms with E-state index in [1.165, 1.54) is 31.3 Å². The van der Waals surface area contributed by atoms with Crippen LogP contribution in [0.1, 0.15) is 16.7 Å². The fourth-order valence-electron chi connectivity index (χ4n) is 1.85. The Morgan fingerprint density at radius 2 is 2.04 bits per heavy atom. The van der Waals surface area contributed by atoms with Crippen LogP contribution in [0.2, 0.25) is 0 Å². The molecular formula is C14H8F3N3O2S. The Bertz CT molecular complexity index is 816. The number of aryl methyl sites for hydroxylation is 1. The van der Waals surface area contributed by atoms with E-state index in [2.05, 4.69) is 4.98 Å². The molecule has 0 aliphatic heterocycles. The summed E-state index contributed by atoms with van der Waals surface area (Å²) in [5, 5.41) is 19.8. The molecule has 0 radical (unpaired) electrons. The predicted molar refractivity (Wildman–Crippen MR) is 75.9 cm³/mol. The predicted octanol–water partition coefficient (Wildman–Crippen LogP) is 4.34. The average Bonchev–Trinajstić information content (AvgIpc) is 2.46. The number of alkyl halides is 3. The fourth-order valence-corrected chi connectivity index (χ4v) is 2.83. The third-order valence-corrected chi connectivity index (χ3v) is 3.89. The molecule has 2 rings (SSSR count). The number of rotatable bonds is 3. The molecular weight excluding hydrogens is 331 g/mol. The van der Waals surface area contributed by atoms with Crippen LogP contribution in [0.4, 0.5) is 18.9 Å². The number of hydrogen-bond donors (Lipinski definition) is 0. The second-order valence-electron chi connectivity index (χ2n) is 4.46. The number of nitriles is 1. The Kier molecular flexibility index (Phi) is 4.56. The Labute approximate surface area is 132 Å². The van der Waals surface area contributed by atoms with E-state index in [0.29, 0.717) is 5.56 Å². The zero-order valence-electron chi connectivity index (χ0n) is 11.6. The lowest BCUT2D eigenvalue weighted by Crippen LogP contribution is -2.07. The largest absolute Gasteiger partial charge is 0.417 e. The molecule has 0 aliphatic rings. The van der Waals surface area contributed by atoms with Gasteiger partial charge in [0.05, 0.1) is 22.1 Å². The van der Waals surface area contributed by atoms with Gasteiger partial charge in [0.25, 0.3) is 0 Å². The molecule has 0 saturated heterocycles. The van der Waals surface area contributed by atoms with Crippen molar-refractivity contribution < 1.29 is 18.1 Å². The number of benzene rings is 1. The maximum absolute atomic E-state index is 12.9. The second kappa shape index (κ2) is 6.26. The smallest absolute Gasteiger partial charge is 0.258 e. The first-order valence-corrected chi connectivity index (χ1v) is 6.95. The minimum atomic E-state index is -4.69. The van der Waals surface area contributed by atoms with Crippen LogP contribution in [0.3, 0.4) is 0 Å². The molecule has 0 aliphatic carbocycles. The van der Waals surface area contributed by atoms with E-state index < -0.39 is 22.2 Å². The first-order valence-electron chi connectivity index (χ1n) is 6.13. The molecule has 0 N–H and O–H groups in total. The van der Waals surface area contributed by atoms with E-state index in [0.717, 1.165) is 23.9 Å². The summed E-state index contributed by atoms with van der Waals surface area (Å²) in [7, 11) is 0. The summed E-state index contributed by atoms with van der Waals surface area (Å²) in [6, 6.07) is 6.05. The summed E-state index contributed by atoms with van der Waals surface area (Å²) in [5.74, 6) is 0. The summed E-state index contributed by atoms with van der Waals surface area (Å²) in [6.07, 6.45) is -3.34. The average molecular weight is 339 g/mol. The zero-order valence-corrected chi connectivity index (χ0v) is 12.4. The molecule has 1 heterocycles. The van der Waals surface area contributed by atoms with Crippen molar-refractivity contribution in [3.05, 3.63) is 57.3 Å². The maximum Gasteiger partial charge on any atom is 0.417 e. The quantitative estimate of drug-likeness (QED) is 0.614. The molecule has 0 unspecified atom stereocenters. The van der Waals surface area contributed by atoms with Crippen LogP contribution in [-0.2, 0) is 6.18 Å². The topological polar surface area (TPSA) is 79.8 Å². The number of nitrogens with zero attached hydrogens (tertiary/aromatic N) is 3. The first kappa shape index (κ1) is 16.8. The molecule has 5 nitrogen and oxygen atoms in total. The van der Waals surface area contributed by atoms with Crippen molar-refractivity contribution in [2.24, 2.45) is 0 Å². The molecule has 0 bridgehead atoms. The van der Waals surface area contributed by atoms with E-state index in [1.54, 1.807) is 0 Å². The second-order valence-corrected chi connectivity index (χ2v) is 5.52. The number of hydrogen-bond acceptors (Lipinski definition) is 5. The lowest BCUT2D eigenvalue weighted by atomic mass is 10.1. The van der Waals surface area contributed by atoms with E-state index in [-0.39, 0.29) is 15.6 Å². The van der Waals surface area contributed by atoms with Crippen molar-refractivity contribution in [3.63, 3.8) is 0 Å². The van der Waals surface area contributed by atoms with Gasteiger partial charge in [-0.2, -0.15) is 18.4 Å². The van der Waals surface area contributed by atoms with Crippen molar-refractivity contribution in [2.45, 2.75) is 23.0 Å². The number of aromatic nitrogens is 1. The highest BCUT2D eigenvalue weighted by molar-refractivity contribution is 7.99. The molecule has 0 spiro atoms. The Morgan fingerprint density at radius 1 is 1.35 bits per heavy atom. The lowest BCUT2D eigenvalue weighted by Gasteiger charge is -2.10. The van der Waals surface area contributed by atoms with Gasteiger partial charge in [-0.3, -0.25) is 10.1 Å². The number of halogens is 3. The van der Waals surface area contributed by atoms with E-state index >= 15 is 0 Å². The van der Waals surface area contributed by atoms with Crippen molar-refractivity contribution in [1.82, 2.24) is 4.98 Å². The van der Waals surface area contributed by atoms with Crippen LogP contribution >= 0.6 is 11.8 Å². The molecule has 118 valence electrons. The minimum Gasteiger partial charge on any atom is -0.258 e. The van der Waals surface area contributed by atoms with Gasteiger partial charge in [-0.25, -0.2) is 4.98 Å². The fraction of sp³-hybridized carbons (Fsp3) is 0.143. The van der Waals surface area contributed by atoms with Crippen molar-refractivity contribution >= 4 is 17.4 Å². The van der Waals surface area contributed by atoms with Crippen LogP contribution in [-0.4, -0.2) is 9.91 Å². The van der Waals surface area contributed by atoms with Crippen LogP contribution in [0.5, 0.6) is 0 Å². The van der Waals surface area contributed by atoms with Crippen LogP contribution in [0.25, 0.3) is 0 Å². The van der Waals surface area contributed by atoms with E-state index in [9.17, 15) is 23.3 Å². The Hall–Kier alpha value is -2.60. The summed E-state index contributed by atoms with van der Waals surface area (Å²) in [5.41, 5.74) is -1.48. The molecule has 0 amide bonds. The van der Waals surface area contributed by atoms with Crippen LogP contribution < -0.4 is 0 Å². The van der Waals surface area contributed by atoms with E-state index in [4.69, 9.17) is 5.26 Å². The van der Waals surface area contributed by atoms with Gasteiger partial charge in [-0.05, 0) is 31.2 Å². The van der Waals surface area contributed by atoms with Crippen molar-refractivity contribution in [3.8, 4) is 6.07 Å². The van der Waals surface area contributed by atoms with Gasteiger partial charge in [0.15, 0.2) is 5.03 Å². The highest BCUT2D eigenvalue weighted by Gasteiger charge is 2.34. The molecule has 0 atom stereocenters. The molecule has 23 heavy (non-hydrogen) atoms. The van der Waals surface area contributed by atoms with E-state index in [1.807, 2.05) is 0 Å². The van der Waals surface area contributed by atoms with Crippen molar-refractivity contribution in [2.75, 3.05) is 0 Å². The monoisotopic (exact) mass is 339 g/mol. The normalized spacial score (nSPS) is 11.1. The molecule has 1 aromatic heterocycles. The Morgan fingerprint density at radius 3 is 2.61 bits per heavy atom. The van der Waals surface area contributed by atoms with Gasteiger partial charge < -0.3 is 0 Å². The standard InChI is InChI=1S/C14H8F3N3O2S/c1-8-4-5-19-13(12(8)20(21)22)23-10-3-2-9(7-18)11(6-10)14(15,16)17/h2-6H,1H3. The lowest BCUT2D eigenvalue weighted by molar-refractivity contribution is -0.388. The van der Waals surface area contributed by atoms with Gasteiger partial charge in [0.2, 0.25) is 0 Å². The highest BCUT2D eigenvalue weighted by Crippen LogP contribution is 2.38. The summed E-state index contributed by atoms with van der Waals surface area (Å²) < 4.78 is 38.8. The van der Waals surface area contributed by atoms with Gasteiger partial charge in [-0.15, -0.1) is 0 Å². The molecule has 9 heteroatoms. The molecule has 2 aromatic rings. The number of nitro groups is 1. The minimum absolute atomic E-state index is 0.00664. The summed E-state index contributed by atoms with van der Waals surface area (Å²) >= 11 is 0.744. The molecule has 0 saturated carbocycles. The van der Waals surface area contributed by atoms with Gasteiger partial charge >= 0.3 is 11.9 Å². The SMILES string of the molecule is Cc1ccnc(Sc2ccc(C#N)c(C(F)(F)F)c2)c1[N+](=O)[O-]. The molecule has 1 aromatic carbocycles. The third-order valence-electron chi connectivity index (χ3n) is 2.91. The van der Waals surface area contributed by atoms with Crippen LogP contribution in [0, 0.1) is 28.4 Å². The number of pyridine rings is 1. The Balaban J connectivity index is 2.49. The first-order chi connectivity index (χ1) is 10.7. The zero-order chi connectivity index (χ0) is 17.2. The maximum atomic E-state index is 12.9. The van der Waals surface area contributed by atoms with Gasteiger partial charge in [0, 0.05) is 16.7 Å². The van der Waals surface area contributed by atoms with Gasteiger partial charge in [-0.1, -0.05) is 11.8 Å². The summed E-state index contributed by atoms with van der Waals surface area (Å²) in [6.45, 7) is 1.52. The summed E-state index contributed by atoms with van der Waals surface area (Å²) in [4.78, 5) is 14.4. The molecule has 0 fully saturated rings. The highest BCUT2D eigenvalue weighted by atomic mass is 32.2. The van der Waals surface area contributed by atoms with Crippen molar-refractivity contribution in [1.29, 1.82) is 5.26 Å².